The van der Waals surface area contributed by atoms with Gasteiger partial charge in [-0.25, -0.2) is 0 Å². The van der Waals surface area contributed by atoms with Crippen LogP contribution in [0.1, 0.15) is 27.7 Å². The summed E-state index contributed by atoms with van der Waals surface area (Å²) in [5, 5.41) is 9.87. The Morgan fingerprint density at radius 1 is 1.36 bits per heavy atom. The molecule has 0 saturated heterocycles. The summed E-state index contributed by atoms with van der Waals surface area (Å²) in [4.78, 5) is 0. The molecule has 1 N–H and O–H groups in total. The van der Waals surface area contributed by atoms with Gasteiger partial charge in [0, 0.05) is 5.92 Å². The average Bonchev–Trinajstić information content (AvgIpc) is 1.85. The highest BCUT2D eigenvalue weighted by atomic mass is 16.3. The molecule has 0 spiro atoms. The molecule has 64 valence electrons. The van der Waals surface area contributed by atoms with Gasteiger partial charge >= 0.3 is 0 Å². The minimum Gasteiger partial charge on any atom is -0.385 e. The topological polar surface area (TPSA) is 20.2 Å². The van der Waals surface area contributed by atoms with Crippen molar-refractivity contribution in [3.8, 4) is 0 Å². The lowest BCUT2D eigenvalue weighted by atomic mass is 9.81. The average molecular weight is 154 g/mol. The molecule has 0 saturated carbocycles. The zero-order valence-corrected chi connectivity index (χ0v) is 7.94. The largest absolute Gasteiger partial charge is 0.385 e. The SMILES string of the molecule is C=C(C)C(C)C(C)(O)C(=C)C. The van der Waals surface area contributed by atoms with E-state index in [0.29, 0.717) is 0 Å². The normalized spacial score (nSPS) is 18.6. The maximum absolute atomic E-state index is 9.87. The summed E-state index contributed by atoms with van der Waals surface area (Å²) >= 11 is 0. The van der Waals surface area contributed by atoms with Crippen LogP contribution in [-0.4, -0.2) is 10.7 Å². The third-order valence-electron chi connectivity index (χ3n) is 2.45. The van der Waals surface area contributed by atoms with E-state index in [0.717, 1.165) is 11.1 Å². The van der Waals surface area contributed by atoms with Crippen molar-refractivity contribution in [3.05, 3.63) is 24.3 Å². The molecule has 0 amide bonds. The molecule has 0 radical (unpaired) electrons. The predicted molar refractivity (Wildman–Crippen MR) is 49.4 cm³/mol. The second-order valence-corrected chi connectivity index (χ2v) is 3.50. The summed E-state index contributed by atoms with van der Waals surface area (Å²) in [6, 6.07) is 0. The van der Waals surface area contributed by atoms with Crippen molar-refractivity contribution in [3.63, 3.8) is 0 Å². The molecule has 0 aliphatic rings. The monoisotopic (exact) mass is 154 g/mol. The molecule has 0 heterocycles. The third-order valence-corrected chi connectivity index (χ3v) is 2.45. The van der Waals surface area contributed by atoms with Crippen molar-refractivity contribution in [1.82, 2.24) is 0 Å². The Balaban J connectivity index is 4.55. The number of rotatable bonds is 3. The molecule has 0 bridgehead atoms. The Hall–Kier alpha value is -0.560. The first-order valence-electron chi connectivity index (χ1n) is 3.84. The van der Waals surface area contributed by atoms with Gasteiger partial charge in [-0.15, -0.1) is 0 Å². The van der Waals surface area contributed by atoms with Gasteiger partial charge in [0.15, 0.2) is 0 Å². The van der Waals surface area contributed by atoms with E-state index in [-0.39, 0.29) is 5.92 Å². The van der Waals surface area contributed by atoms with Crippen molar-refractivity contribution in [1.29, 1.82) is 0 Å². The Morgan fingerprint density at radius 2 is 1.73 bits per heavy atom. The number of hydrogen-bond donors (Lipinski definition) is 1. The molecular weight excluding hydrogens is 136 g/mol. The highest BCUT2D eigenvalue weighted by Gasteiger charge is 2.29. The molecule has 0 fully saturated rings. The summed E-state index contributed by atoms with van der Waals surface area (Å²) in [6.45, 7) is 15.0. The summed E-state index contributed by atoms with van der Waals surface area (Å²) in [7, 11) is 0. The van der Waals surface area contributed by atoms with Gasteiger partial charge in [0.05, 0.1) is 5.60 Å². The Morgan fingerprint density at radius 3 is 1.82 bits per heavy atom. The first kappa shape index (κ1) is 10.4. The molecule has 0 aliphatic carbocycles. The fraction of sp³-hybridized carbons (Fsp3) is 0.600. The van der Waals surface area contributed by atoms with Crippen LogP contribution in [0.25, 0.3) is 0 Å². The molecule has 0 rings (SSSR count). The van der Waals surface area contributed by atoms with Crippen molar-refractivity contribution >= 4 is 0 Å². The van der Waals surface area contributed by atoms with Gasteiger partial charge in [0.25, 0.3) is 0 Å². The van der Waals surface area contributed by atoms with Crippen LogP contribution < -0.4 is 0 Å². The molecule has 1 nitrogen and oxygen atoms in total. The number of aliphatic hydroxyl groups is 1. The van der Waals surface area contributed by atoms with Gasteiger partial charge in [0.2, 0.25) is 0 Å². The van der Waals surface area contributed by atoms with Crippen LogP contribution in [0.3, 0.4) is 0 Å². The molecule has 2 unspecified atom stereocenters. The standard InChI is InChI=1S/C10H18O/c1-7(2)9(5)10(6,11)8(3)4/h9,11H,1,3H2,2,4-6H3. The number of hydrogen-bond acceptors (Lipinski definition) is 1. The van der Waals surface area contributed by atoms with E-state index in [1.165, 1.54) is 0 Å². The first-order chi connectivity index (χ1) is 4.80. The predicted octanol–water partition coefficient (Wildman–Crippen LogP) is 2.53. The van der Waals surface area contributed by atoms with Crippen molar-refractivity contribution in [2.24, 2.45) is 5.92 Å². The lowest BCUT2D eigenvalue weighted by Gasteiger charge is -2.31. The van der Waals surface area contributed by atoms with Crippen LogP contribution in [0.5, 0.6) is 0 Å². The van der Waals surface area contributed by atoms with Crippen molar-refractivity contribution < 1.29 is 5.11 Å². The quantitative estimate of drug-likeness (QED) is 0.619. The highest BCUT2D eigenvalue weighted by molar-refractivity contribution is 5.16. The lowest BCUT2D eigenvalue weighted by Crippen LogP contribution is -2.34. The molecule has 0 aliphatic heterocycles. The minimum absolute atomic E-state index is 0.0694. The summed E-state index contributed by atoms with van der Waals surface area (Å²) < 4.78 is 0. The third kappa shape index (κ3) is 2.19. The summed E-state index contributed by atoms with van der Waals surface area (Å²) in [6.07, 6.45) is 0. The molecule has 2 atom stereocenters. The van der Waals surface area contributed by atoms with Gasteiger partial charge in [-0.05, 0) is 26.3 Å². The van der Waals surface area contributed by atoms with Crippen molar-refractivity contribution in [2.45, 2.75) is 33.3 Å². The van der Waals surface area contributed by atoms with Crippen LogP contribution in [-0.2, 0) is 0 Å². The second-order valence-electron chi connectivity index (χ2n) is 3.50. The Bertz CT molecular complexity index is 177. The minimum atomic E-state index is -0.814. The Labute approximate surface area is 69.4 Å². The van der Waals surface area contributed by atoms with Crippen LogP contribution in [0.2, 0.25) is 0 Å². The molecule has 0 aromatic carbocycles. The molecule has 0 aromatic rings. The fourth-order valence-electron chi connectivity index (χ4n) is 0.849. The van der Waals surface area contributed by atoms with E-state index >= 15 is 0 Å². The van der Waals surface area contributed by atoms with Gasteiger partial charge in [0.1, 0.15) is 0 Å². The molecule has 1 heteroatoms. The van der Waals surface area contributed by atoms with Crippen LogP contribution >= 0.6 is 0 Å². The lowest BCUT2D eigenvalue weighted by molar-refractivity contribution is 0.0582. The first-order valence-corrected chi connectivity index (χ1v) is 3.84. The van der Waals surface area contributed by atoms with E-state index in [1.54, 1.807) is 6.92 Å². The van der Waals surface area contributed by atoms with E-state index in [9.17, 15) is 5.11 Å². The van der Waals surface area contributed by atoms with E-state index in [4.69, 9.17) is 0 Å². The van der Waals surface area contributed by atoms with Gasteiger partial charge in [-0.1, -0.05) is 25.7 Å². The van der Waals surface area contributed by atoms with Crippen molar-refractivity contribution in [2.75, 3.05) is 0 Å². The summed E-state index contributed by atoms with van der Waals surface area (Å²) in [5.41, 5.74) is 0.956. The van der Waals surface area contributed by atoms with Crippen LogP contribution in [0.4, 0.5) is 0 Å². The summed E-state index contributed by atoms with van der Waals surface area (Å²) in [5.74, 6) is 0.0694. The second kappa shape index (κ2) is 3.22. The molecule has 11 heavy (non-hydrogen) atoms. The fourth-order valence-corrected chi connectivity index (χ4v) is 0.849. The van der Waals surface area contributed by atoms with E-state index in [2.05, 4.69) is 13.2 Å². The van der Waals surface area contributed by atoms with Gasteiger partial charge < -0.3 is 5.11 Å². The Kier molecular flexibility index (Phi) is 3.06. The maximum Gasteiger partial charge on any atom is 0.0885 e. The molecular formula is C10H18O. The van der Waals surface area contributed by atoms with Crippen LogP contribution in [0, 0.1) is 5.92 Å². The zero-order chi connectivity index (χ0) is 9.23. The maximum atomic E-state index is 9.87. The van der Waals surface area contributed by atoms with Gasteiger partial charge in [-0.3, -0.25) is 0 Å². The van der Waals surface area contributed by atoms with Crippen LogP contribution in [0.15, 0.2) is 24.3 Å². The highest BCUT2D eigenvalue weighted by Crippen LogP contribution is 2.28. The van der Waals surface area contributed by atoms with E-state index in [1.807, 2.05) is 20.8 Å². The van der Waals surface area contributed by atoms with E-state index < -0.39 is 5.60 Å². The molecule has 0 aromatic heterocycles. The van der Waals surface area contributed by atoms with Gasteiger partial charge in [-0.2, -0.15) is 0 Å². The smallest absolute Gasteiger partial charge is 0.0885 e. The zero-order valence-electron chi connectivity index (χ0n) is 7.94.